The van der Waals surface area contributed by atoms with Crippen LogP contribution in [0.4, 0.5) is 15.9 Å². The Labute approximate surface area is 116 Å². The minimum absolute atomic E-state index is 0.00658. The number of nitrogens with one attached hydrogen (secondary N) is 1. The first-order chi connectivity index (χ1) is 9.06. The molecule has 1 heterocycles. The van der Waals surface area contributed by atoms with E-state index in [-0.39, 0.29) is 12.2 Å². The van der Waals surface area contributed by atoms with Crippen molar-refractivity contribution < 1.29 is 9.31 Å². The molecule has 2 rings (SSSR count). The van der Waals surface area contributed by atoms with E-state index < -0.39 is 10.9 Å². The summed E-state index contributed by atoms with van der Waals surface area (Å²) in [6, 6.07) is 8.99. The number of halogens is 2. The van der Waals surface area contributed by atoms with Gasteiger partial charge in [0.2, 0.25) is 5.95 Å². The average molecular weight is 326 g/mol. The first kappa shape index (κ1) is 13.4. The van der Waals surface area contributed by atoms with Gasteiger partial charge in [-0.15, -0.1) is 0 Å². The zero-order valence-corrected chi connectivity index (χ0v) is 11.2. The zero-order valence-electron chi connectivity index (χ0n) is 9.64. The molecule has 0 fully saturated rings. The maximum Gasteiger partial charge on any atom is 0.274 e. The van der Waals surface area contributed by atoms with Crippen LogP contribution in [0.2, 0.25) is 0 Å². The molecule has 0 bridgehead atoms. The van der Waals surface area contributed by atoms with Crippen LogP contribution in [0.15, 0.2) is 40.9 Å². The van der Waals surface area contributed by atoms with Gasteiger partial charge in [0.25, 0.3) is 5.69 Å². The van der Waals surface area contributed by atoms with Gasteiger partial charge in [-0.05, 0) is 24.3 Å². The number of aromatic nitrogens is 1. The highest BCUT2D eigenvalue weighted by Crippen LogP contribution is 2.23. The smallest absolute Gasteiger partial charge is 0.274 e. The SMILES string of the molecule is O=[N+]([O-])c1ccc(Br)cc1CNc1cccc(F)n1. The molecule has 0 saturated carbocycles. The first-order valence-electron chi connectivity index (χ1n) is 5.35. The number of hydrogen-bond donors (Lipinski definition) is 1. The van der Waals surface area contributed by atoms with Crippen molar-refractivity contribution in [1.29, 1.82) is 0 Å². The molecule has 0 aliphatic heterocycles. The summed E-state index contributed by atoms with van der Waals surface area (Å²) in [5.41, 5.74) is 0.498. The summed E-state index contributed by atoms with van der Waals surface area (Å²) >= 11 is 3.26. The highest BCUT2D eigenvalue weighted by atomic mass is 79.9. The van der Waals surface area contributed by atoms with Crippen LogP contribution < -0.4 is 5.32 Å². The number of anilines is 1. The van der Waals surface area contributed by atoms with E-state index in [0.29, 0.717) is 11.4 Å². The minimum atomic E-state index is -0.603. The third-order valence-electron chi connectivity index (χ3n) is 2.41. The van der Waals surface area contributed by atoms with Gasteiger partial charge in [0.05, 0.1) is 4.92 Å². The van der Waals surface area contributed by atoms with E-state index in [0.717, 1.165) is 4.47 Å². The summed E-state index contributed by atoms with van der Waals surface area (Å²) in [5, 5.41) is 13.7. The van der Waals surface area contributed by atoms with E-state index >= 15 is 0 Å². The highest BCUT2D eigenvalue weighted by molar-refractivity contribution is 9.10. The molecule has 19 heavy (non-hydrogen) atoms. The van der Waals surface area contributed by atoms with E-state index in [1.165, 1.54) is 18.2 Å². The van der Waals surface area contributed by atoms with Crippen LogP contribution in [0.1, 0.15) is 5.56 Å². The molecular weight excluding hydrogens is 317 g/mol. The molecule has 0 aliphatic carbocycles. The molecule has 1 N–H and O–H groups in total. The Morgan fingerprint density at radius 3 is 2.84 bits per heavy atom. The van der Waals surface area contributed by atoms with Gasteiger partial charge in [-0.3, -0.25) is 10.1 Å². The van der Waals surface area contributed by atoms with Crippen LogP contribution >= 0.6 is 15.9 Å². The van der Waals surface area contributed by atoms with Crippen molar-refractivity contribution in [3.63, 3.8) is 0 Å². The van der Waals surface area contributed by atoms with Gasteiger partial charge in [-0.25, -0.2) is 4.98 Å². The predicted octanol–water partition coefficient (Wildman–Crippen LogP) is 3.50. The third kappa shape index (κ3) is 3.47. The van der Waals surface area contributed by atoms with E-state index in [4.69, 9.17) is 0 Å². The summed E-state index contributed by atoms with van der Waals surface area (Å²) in [5.74, 6) is -0.275. The maximum atomic E-state index is 12.9. The van der Waals surface area contributed by atoms with Gasteiger partial charge in [0, 0.05) is 22.6 Å². The molecule has 0 unspecified atom stereocenters. The molecule has 7 heteroatoms. The zero-order chi connectivity index (χ0) is 13.8. The van der Waals surface area contributed by atoms with Crippen molar-refractivity contribution in [2.24, 2.45) is 0 Å². The van der Waals surface area contributed by atoms with Crippen molar-refractivity contribution in [2.75, 3.05) is 5.32 Å². The van der Waals surface area contributed by atoms with Crippen LogP contribution in [0.25, 0.3) is 0 Å². The van der Waals surface area contributed by atoms with Crippen molar-refractivity contribution in [1.82, 2.24) is 4.98 Å². The Balaban J connectivity index is 2.19. The summed E-state index contributed by atoms with van der Waals surface area (Å²) < 4.78 is 13.6. The van der Waals surface area contributed by atoms with Crippen LogP contribution in [0.3, 0.4) is 0 Å². The molecule has 0 radical (unpaired) electrons. The molecule has 0 spiro atoms. The van der Waals surface area contributed by atoms with Crippen LogP contribution in [0, 0.1) is 16.1 Å². The number of nitro benzene ring substituents is 1. The molecule has 5 nitrogen and oxygen atoms in total. The fourth-order valence-electron chi connectivity index (χ4n) is 1.57. The summed E-state index contributed by atoms with van der Waals surface area (Å²) in [4.78, 5) is 14.1. The van der Waals surface area contributed by atoms with Crippen molar-refractivity contribution in [2.45, 2.75) is 6.54 Å². The van der Waals surface area contributed by atoms with Gasteiger partial charge in [0.1, 0.15) is 5.82 Å². The second kappa shape index (κ2) is 5.75. The van der Waals surface area contributed by atoms with Crippen molar-refractivity contribution in [3.8, 4) is 0 Å². The minimum Gasteiger partial charge on any atom is -0.366 e. The fraction of sp³-hybridized carbons (Fsp3) is 0.0833. The van der Waals surface area contributed by atoms with Gasteiger partial charge >= 0.3 is 0 Å². The molecule has 1 aromatic heterocycles. The lowest BCUT2D eigenvalue weighted by Crippen LogP contribution is -2.04. The van der Waals surface area contributed by atoms with E-state index in [1.807, 2.05) is 0 Å². The molecule has 0 saturated heterocycles. The number of pyridine rings is 1. The quantitative estimate of drug-likeness (QED) is 0.530. The van der Waals surface area contributed by atoms with Gasteiger partial charge < -0.3 is 5.32 Å². The molecular formula is C12H9BrFN3O2. The van der Waals surface area contributed by atoms with Gasteiger partial charge in [-0.1, -0.05) is 22.0 Å². The second-order valence-electron chi connectivity index (χ2n) is 3.73. The van der Waals surface area contributed by atoms with E-state index in [1.54, 1.807) is 18.2 Å². The molecule has 0 atom stereocenters. The number of nitrogens with zero attached hydrogens (tertiary/aromatic N) is 2. The summed E-state index contributed by atoms with van der Waals surface area (Å²) in [6.45, 7) is 0.187. The standard InChI is InChI=1S/C12H9BrFN3O2/c13-9-4-5-10(17(18)19)8(6-9)7-15-12-3-1-2-11(14)16-12/h1-6H,7H2,(H,15,16). The monoisotopic (exact) mass is 325 g/mol. The van der Waals surface area contributed by atoms with Crippen molar-refractivity contribution >= 4 is 27.4 Å². The molecule has 1 aromatic carbocycles. The Kier molecular flexibility index (Phi) is 4.06. The lowest BCUT2D eigenvalue weighted by Gasteiger charge is -2.06. The van der Waals surface area contributed by atoms with Crippen molar-refractivity contribution in [3.05, 3.63) is 62.5 Å². The van der Waals surface area contributed by atoms with Gasteiger partial charge in [0.15, 0.2) is 0 Å². The summed E-state index contributed by atoms with van der Waals surface area (Å²) in [6.07, 6.45) is 0. The fourth-order valence-corrected chi connectivity index (χ4v) is 1.97. The van der Waals surface area contributed by atoms with E-state index in [2.05, 4.69) is 26.2 Å². The number of rotatable bonds is 4. The topological polar surface area (TPSA) is 68.1 Å². The third-order valence-corrected chi connectivity index (χ3v) is 2.91. The first-order valence-corrected chi connectivity index (χ1v) is 6.15. The number of benzene rings is 1. The summed E-state index contributed by atoms with van der Waals surface area (Å²) in [7, 11) is 0. The van der Waals surface area contributed by atoms with Crippen LogP contribution in [-0.4, -0.2) is 9.91 Å². The Morgan fingerprint density at radius 1 is 1.37 bits per heavy atom. The largest absolute Gasteiger partial charge is 0.366 e. The van der Waals surface area contributed by atoms with Gasteiger partial charge in [-0.2, -0.15) is 4.39 Å². The molecule has 98 valence electrons. The Bertz CT molecular complexity index is 622. The highest BCUT2D eigenvalue weighted by Gasteiger charge is 2.13. The predicted molar refractivity (Wildman–Crippen MR) is 72.3 cm³/mol. The maximum absolute atomic E-state index is 12.9. The number of hydrogen-bond acceptors (Lipinski definition) is 4. The lowest BCUT2D eigenvalue weighted by atomic mass is 10.2. The second-order valence-corrected chi connectivity index (χ2v) is 4.64. The van der Waals surface area contributed by atoms with E-state index in [9.17, 15) is 14.5 Å². The molecule has 0 amide bonds. The molecule has 2 aromatic rings. The van der Waals surface area contributed by atoms with Crippen LogP contribution in [0.5, 0.6) is 0 Å². The Hall–Kier alpha value is -2.02. The number of nitro groups is 1. The molecule has 0 aliphatic rings. The van der Waals surface area contributed by atoms with Crippen LogP contribution in [-0.2, 0) is 6.54 Å². The Morgan fingerprint density at radius 2 is 2.16 bits per heavy atom. The lowest BCUT2D eigenvalue weighted by molar-refractivity contribution is -0.385. The normalized spacial score (nSPS) is 10.2. The average Bonchev–Trinajstić information content (AvgIpc) is 2.36.